The van der Waals surface area contributed by atoms with Gasteiger partial charge in [-0.2, -0.15) is 0 Å². The van der Waals surface area contributed by atoms with E-state index in [-0.39, 0.29) is 0 Å². The zero-order valence-electron chi connectivity index (χ0n) is 12.6. The van der Waals surface area contributed by atoms with Crippen LogP contribution in [0.25, 0.3) is 0 Å². The first-order chi connectivity index (χ1) is 9.76. The molecule has 2 heteroatoms. The molecule has 106 valence electrons. The highest BCUT2D eigenvalue weighted by Crippen LogP contribution is 2.27. The lowest BCUT2D eigenvalue weighted by Gasteiger charge is -2.28. The monoisotopic (exact) mass is 268 g/mol. The van der Waals surface area contributed by atoms with Gasteiger partial charge in [0.05, 0.1) is 0 Å². The van der Waals surface area contributed by atoms with E-state index in [2.05, 4.69) is 78.7 Å². The lowest BCUT2D eigenvalue weighted by molar-refractivity contribution is 0.647. The van der Waals surface area contributed by atoms with Gasteiger partial charge in [0.25, 0.3) is 0 Å². The zero-order valence-corrected chi connectivity index (χ0v) is 12.6. The van der Waals surface area contributed by atoms with Crippen molar-refractivity contribution in [3.05, 3.63) is 65.7 Å². The summed E-state index contributed by atoms with van der Waals surface area (Å²) in [6.07, 6.45) is 0. The fourth-order valence-corrected chi connectivity index (χ4v) is 2.47. The Bertz CT molecular complexity index is 522. The quantitative estimate of drug-likeness (QED) is 0.852. The molecular weight excluding hydrogens is 244 g/mol. The third-order valence-corrected chi connectivity index (χ3v) is 3.77. The van der Waals surface area contributed by atoms with Crippen molar-refractivity contribution in [3.8, 4) is 0 Å². The Kier molecular flexibility index (Phi) is 5.19. The van der Waals surface area contributed by atoms with Gasteiger partial charge < -0.3 is 10.2 Å². The maximum atomic E-state index is 3.34. The summed E-state index contributed by atoms with van der Waals surface area (Å²) < 4.78 is 0. The second kappa shape index (κ2) is 7.11. The van der Waals surface area contributed by atoms with Crippen molar-refractivity contribution in [1.82, 2.24) is 5.32 Å². The molecule has 0 aliphatic heterocycles. The molecule has 1 unspecified atom stereocenters. The molecule has 1 atom stereocenters. The molecule has 0 bridgehead atoms. The number of benzene rings is 2. The van der Waals surface area contributed by atoms with E-state index in [0.29, 0.717) is 6.04 Å². The summed E-state index contributed by atoms with van der Waals surface area (Å²) in [5.41, 5.74) is 4.02. The number of nitrogens with one attached hydrogen (secondary N) is 1. The molecule has 0 fully saturated rings. The second-order valence-corrected chi connectivity index (χ2v) is 5.07. The van der Waals surface area contributed by atoms with Crippen molar-refractivity contribution < 1.29 is 0 Å². The van der Waals surface area contributed by atoms with Crippen LogP contribution in [0.1, 0.15) is 31.0 Å². The molecule has 0 heterocycles. The first-order valence-electron chi connectivity index (χ1n) is 7.31. The van der Waals surface area contributed by atoms with Gasteiger partial charge in [0.1, 0.15) is 0 Å². The van der Waals surface area contributed by atoms with Crippen LogP contribution in [-0.2, 0) is 6.54 Å². The van der Waals surface area contributed by atoms with Crippen LogP contribution in [0.15, 0.2) is 54.6 Å². The molecule has 0 aliphatic rings. The zero-order chi connectivity index (χ0) is 14.4. The molecule has 2 nitrogen and oxygen atoms in total. The molecular formula is C18H24N2. The van der Waals surface area contributed by atoms with E-state index < -0.39 is 0 Å². The average Bonchev–Trinajstić information content (AvgIpc) is 2.53. The number of rotatable bonds is 6. The van der Waals surface area contributed by atoms with Crippen LogP contribution in [0.5, 0.6) is 0 Å². The molecule has 0 aromatic heterocycles. The normalized spacial score (nSPS) is 12.2. The minimum absolute atomic E-state index is 0.357. The van der Waals surface area contributed by atoms with Crippen LogP contribution in [0.4, 0.5) is 5.69 Å². The summed E-state index contributed by atoms with van der Waals surface area (Å²) in [5.74, 6) is 0. The summed E-state index contributed by atoms with van der Waals surface area (Å²) in [5, 5.41) is 3.34. The molecule has 0 amide bonds. The Labute approximate surface area is 122 Å². The molecule has 2 rings (SSSR count). The summed E-state index contributed by atoms with van der Waals surface area (Å²) in [4.78, 5) is 2.43. The number of hydrogen-bond acceptors (Lipinski definition) is 2. The van der Waals surface area contributed by atoms with E-state index >= 15 is 0 Å². The van der Waals surface area contributed by atoms with Gasteiger partial charge in [0.2, 0.25) is 0 Å². The van der Waals surface area contributed by atoms with Gasteiger partial charge in [-0.3, -0.25) is 0 Å². The Balaban J connectivity index is 2.28. The molecule has 0 aliphatic carbocycles. The SMILES string of the molecule is CCN(Cc1ccccc1)c1ccccc1C(C)NC. The number of hydrogen-bond donors (Lipinski definition) is 1. The lowest BCUT2D eigenvalue weighted by Crippen LogP contribution is -2.25. The van der Waals surface area contributed by atoms with Crippen molar-refractivity contribution >= 4 is 5.69 Å². The molecule has 2 aromatic carbocycles. The van der Waals surface area contributed by atoms with Crippen LogP contribution in [0.3, 0.4) is 0 Å². The smallest absolute Gasteiger partial charge is 0.0429 e. The van der Waals surface area contributed by atoms with Crippen molar-refractivity contribution in [2.75, 3.05) is 18.5 Å². The average molecular weight is 268 g/mol. The van der Waals surface area contributed by atoms with Gasteiger partial charge in [0.15, 0.2) is 0 Å². The van der Waals surface area contributed by atoms with E-state index in [1.54, 1.807) is 0 Å². The highest BCUT2D eigenvalue weighted by molar-refractivity contribution is 5.55. The summed E-state index contributed by atoms with van der Waals surface area (Å²) in [7, 11) is 2.01. The van der Waals surface area contributed by atoms with Crippen LogP contribution in [-0.4, -0.2) is 13.6 Å². The molecule has 1 N–H and O–H groups in total. The first kappa shape index (κ1) is 14.6. The first-order valence-corrected chi connectivity index (χ1v) is 7.31. The Hall–Kier alpha value is -1.80. The van der Waals surface area contributed by atoms with E-state index in [1.165, 1.54) is 16.8 Å². The van der Waals surface area contributed by atoms with E-state index in [9.17, 15) is 0 Å². The van der Waals surface area contributed by atoms with Crippen molar-refractivity contribution in [2.24, 2.45) is 0 Å². The maximum Gasteiger partial charge on any atom is 0.0429 e. The fourth-order valence-electron chi connectivity index (χ4n) is 2.47. The summed E-state index contributed by atoms with van der Waals surface area (Å²) >= 11 is 0. The largest absolute Gasteiger partial charge is 0.367 e. The predicted octanol–water partition coefficient (Wildman–Crippen LogP) is 3.99. The highest BCUT2D eigenvalue weighted by Gasteiger charge is 2.13. The lowest BCUT2D eigenvalue weighted by atomic mass is 10.0. The van der Waals surface area contributed by atoms with E-state index in [1.807, 2.05) is 7.05 Å². The van der Waals surface area contributed by atoms with Crippen molar-refractivity contribution in [2.45, 2.75) is 26.4 Å². The third kappa shape index (κ3) is 3.40. The van der Waals surface area contributed by atoms with Crippen LogP contribution >= 0.6 is 0 Å². The Morgan fingerprint density at radius 2 is 1.65 bits per heavy atom. The second-order valence-electron chi connectivity index (χ2n) is 5.07. The molecule has 20 heavy (non-hydrogen) atoms. The maximum absolute atomic E-state index is 3.34. The van der Waals surface area contributed by atoms with Gasteiger partial charge in [-0.05, 0) is 38.1 Å². The molecule has 2 aromatic rings. The van der Waals surface area contributed by atoms with E-state index in [4.69, 9.17) is 0 Å². The Morgan fingerprint density at radius 3 is 2.30 bits per heavy atom. The van der Waals surface area contributed by atoms with Crippen LogP contribution < -0.4 is 10.2 Å². The summed E-state index contributed by atoms with van der Waals surface area (Å²) in [6, 6.07) is 19.7. The van der Waals surface area contributed by atoms with Gasteiger partial charge in [0, 0.05) is 24.8 Å². The van der Waals surface area contributed by atoms with Gasteiger partial charge in [-0.15, -0.1) is 0 Å². The number of nitrogens with zero attached hydrogens (tertiary/aromatic N) is 1. The van der Waals surface area contributed by atoms with Crippen LogP contribution in [0, 0.1) is 0 Å². The van der Waals surface area contributed by atoms with Crippen molar-refractivity contribution in [3.63, 3.8) is 0 Å². The van der Waals surface area contributed by atoms with Gasteiger partial charge in [-0.25, -0.2) is 0 Å². The van der Waals surface area contributed by atoms with Gasteiger partial charge in [-0.1, -0.05) is 48.5 Å². The highest BCUT2D eigenvalue weighted by atomic mass is 15.1. The molecule has 0 saturated heterocycles. The minimum atomic E-state index is 0.357. The van der Waals surface area contributed by atoms with Crippen molar-refractivity contribution in [1.29, 1.82) is 0 Å². The molecule has 0 radical (unpaired) electrons. The predicted molar refractivity (Wildman–Crippen MR) is 87.1 cm³/mol. The summed E-state index contributed by atoms with van der Waals surface area (Å²) in [6.45, 7) is 6.37. The minimum Gasteiger partial charge on any atom is -0.367 e. The topological polar surface area (TPSA) is 15.3 Å². The fraction of sp³-hybridized carbons (Fsp3) is 0.333. The van der Waals surface area contributed by atoms with Crippen LogP contribution in [0.2, 0.25) is 0 Å². The van der Waals surface area contributed by atoms with E-state index in [0.717, 1.165) is 13.1 Å². The number of para-hydroxylation sites is 1. The molecule has 0 saturated carbocycles. The standard InChI is InChI=1S/C18H24N2/c1-4-20(14-16-10-6-5-7-11-16)18-13-9-8-12-17(18)15(2)19-3/h5-13,15,19H,4,14H2,1-3H3. The third-order valence-electron chi connectivity index (χ3n) is 3.77. The Morgan fingerprint density at radius 1 is 1.00 bits per heavy atom. The number of anilines is 1. The molecule has 0 spiro atoms. The van der Waals surface area contributed by atoms with Gasteiger partial charge >= 0.3 is 0 Å².